The third-order valence-corrected chi connectivity index (χ3v) is 2.40. The normalized spacial score (nSPS) is 21.6. The van der Waals surface area contributed by atoms with Crippen LogP contribution >= 0.6 is 0 Å². The van der Waals surface area contributed by atoms with Crippen LogP contribution in [0.1, 0.15) is 33.1 Å². The molecule has 0 bridgehead atoms. The van der Waals surface area contributed by atoms with Gasteiger partial charge in [0.15, 0.2) is 0 Å². The molecular formula is C11H18O3. The summed E-state index contributed by atoms with van der Waals surface area (Å²) in [6.45, 7) is 5.27. The van der Waals surface area contributed by atoms with Gasteiger partial charge < -0.3 is 9.47 Å². The minimum Gasteiger partial charge on any atom is -0.462 e. The van der Waals surface area contributed by atoms with E-state index in [1.165, 1.54) is 0 Å². The van der Waals surface area contributed by atoms with E-state index in [0.29, 0.717) is 12.7 Å². The van der Waals surface area contributed by atoms with Gasteiger partial charge in [0.2, 0.25) is 0 Å². The molecule has 1 aliphatic rings. The number of carbonyl (C=O) groups is 1. The quantitative estimate of drug-likeness (QED) is 0.501. The van der Waals surface area contributed by atoms with Crippen molar-refractivity contribution in [3.63, 3.8) is 0 Å². The summed E-state index contributed by atoms with van der Waals surface area (Å²) in [6, 6.07) is 0. The molecule has 80 valence electrons. The van der Waals surface area contributed by atoms with Gasteiger partial charge in [0.05, 0.1) is 12.7 Å². The van der Waals surface area contributed by atoms with Crippen LogP contribution in [0.5, 0.6) is 0 Å². The third kappa shape index (κ3) is 3.92. The van der Waals surface area contributed by atoms with Crippen molar-refractivity contribution in [2.45, 2.75) is 39.2 Å². The highest BCUT2D eigenvalue weighted by Crippen LogP contribution is 2.14. The number of esters is 1. The Balaban J connectivity index is 2.08. The highest BCUT2D eigenvalue weighted by Gasteiger charge is 2.17. The van der Waals surface area contributed by atoms with Crippen molar-refractivity contribution in [1.29, 1.82) is 0 Å². The van der Waals surface area contributed by atoms with E-state index < -0.39 is 0 Å². The second kappa shape index (κ2) is 5.81. The standard InChI is InChI=1S/C11H18O3/c1-3-9(2)8-11(12)14-7-5-10-4-6-13-10/h8,10H,3-7H2,1-2H3. The number of hydrogen-bond donors (Lipinski definition) is 0. The molecular weight excluding hydrogens is 180 g/mol. The second-order valence-corrected chi connectivity index (χ2v) is 3.58. The van der Waals surface area contributed by atoms with E-state index in [2.05, 4.69) is 0 Å². The van der Waals surface area contributed by atoms with Crippen LogP contribution in [0, 0.1) is 0 Å². The number of carbonyl (C=O) groups excluding carboxylic acids is 1. The smallest absolute Gasteiger partial charge is 0.330 e. The molecule has 1 aliphatic heterocycles. The van der Waals surface area contributed by atoms with Crippen molar-refractivity contribution in [3.8, 4) is 0 Å². The molecule has 1 rings (SSSR count). The van der Waals surface area contributed by atoms with Crippen molar-refractivity contribution in [2.24, 2.45) is 0 Å². The molecule has 1 saturated heterocycles. The Kier molecular flexibility index (Phi) is 4.66. The minimum atomic E-state index is -0.233. The van der Waals surface area contributed by atoms with Crippen LogP contribution in [0.15, 0.2) is 11.6 Å². The average molecular weight is 198 g/mol. The van der Waals surface area contributed by atoms with Crippen LogP contribution in [0.4, 0.5) is 0 Å². The van der Waals surface area contributed by atoms with Crippen LogP contribution in [-0.2, 0) is 14.3 Å². The van der Waals surface area contributed by atoms with E-state index in [1.54, 1.807) is 6.08 Å². The van der Waals surface area contributed by atoms with Gasteiger partial charge in [-0.25, -0.2) is 4.79 Å². The Labute approximate surface area is 85.1 Å². The fraction of sp³-hybridized carbons (Fsp3) is 0.727. The zero-order valence-electron chi connectivity index (χ0n) is 8.91. The van der Waals surface area contributed by atoms with Crippen molar-refractivity contribution < 1.29 is 14.3 Å². The predicted octanol–water partition coefficient (Wildman–Crippen LogP) is 2.06. The van der Waals surface area contributed by atoms with Gasteiger partial charge in [-0.05, 0) is 19.8 Å². The monoisotopic (exact) mass is 198 g/mol. The first-order valence-corrected chi connectivity index (χ1v) is 5.18. The largest absolute Gasteiger partial charge is 0.462 e. The molecule has 0 aromatic rings. The van der Waals surface area contributed by atoms with E-state index in [0.717, 1.165) is 31.4 Å². The van der Waals surface area contributed by atoms with Crippen LogP contribution in [-0.4, -0.2) is 25.3 Å². The lowest BCUT2D eigenvalue weighted by molar-refractivity contribution is -0.140. The molecule has 3 heteroatoms. The Morgan fingerprint density at radius 3 is 2.86 bits per heavy atom. The minimum absolute atomic E-state index is 0.233. The highest BCUT2D eigenvalue weighted by atomic mass is 16.5. The summed E-state index contributed by atoms with van der Waals surface area (Å²) >= 11 is 0. The fourth-order valence-corrected chi connectivity index (χ4v) is 1.15. The number of allylic oxidation sites excluding steroid dienone is 1. The molecule has 1 unspecified atom stereocenters. The summed E-state index contributed by atoms with van der Waals surface area (Å²) in [7, 11) is 0. The molecule has 14 heavy (non-hydrogen) atoms. The number of ether oxygens (including phenoxy) is 2. The third-order valence-electron chi connectivity index (χ3n) is 2.40. The molecule has 3 nitrogen and oxygen atoms in total. The number of hydrogen-bond acceptors (Lipinski definition) is 3. The van der Waals surface area contributed by atoms with E-state index in [1.807, 2.05) is 13.8 Å². The van der Waals surface area contributed by atoms with Crippen molar-refractivity contribution in [2.75, 3.05) is 13.2 Å². The predicted molar refractivity (Wildman–Crippen MR) is 54.0 cm³/mol. The van der Waals surface area contributed by atoms with Gasteiger partial charge in [0.25, 0.3) is 0 Å². The summed E-state index contributed by atoms with van der Waals surface area (Å²) in [5.41, 5.74) is 1.05. The second-order valence-electron chi connectivity index (χ2n) is 3.58. The zero-order valence-corrected chi connectivity index (χ0v) is 8.91. The van der Waals surface area contributed by atoms with Gasteiger partial charge in [0.1, 0.15) is 0 Å². The summed E-state index contributed by atoms with van der Waals surface area (Å²) in [6.07, 6.45) is 4.69. The average Bonchev–Trinajstić information content (AvgIpc) is 2.09. The van der Waals surface area contributed by atoms with Gasteiger partial charge in [-0.1, -0.05) is 12.5 Å². The maximum Gasteiger partial charge on any atom is 0.330 e. The molecule has 0 spiro atoms. The fourth-order valence-electron chi connectivity index (χ4n) is 1.15. The first kappa shape index (κ1) is 11.2. The summed E-state index contributed by atoms with van der Waals surface area (Å²) in [5.74, 6) is -0.233. The number of rotatable bonds is 5. The van der Waals surface area contributed by atoms with Gasteiger partial charge >= 0.3 is 5.97 Å². The van der Waals surface area contributed by atoms with Crippen molar-refractivity contribution >= 4 is 5.97 Å². The highest BCUT2D eigenvalue weighted by molar-refractivity contribution is 5.82. The maximum atomic E-state index is 11.2. The SMILES string of the molecule is CCC(C)=CC(=O)OCCC1CCO1. The van der Waals surface area contributed by atoms with Crippen molar-refractivity contribution in [1.82, 2.24) is 0 Å². The van der Waals surface area contributed by atoms with Crippen LogP contribution in [0.25, 0.3) is 0 Å². The van der Waals surface area contributed by atoms with Crippen LogP contribution < -0.4 is 0 Å². The summed E-state index contributed by atoms with van der Waals surface area (Å²) in [5, 5.41) is 0. The lowest BCUT2D eigenvalue weighted by atomic mass is 10.1. The first-order valence-electron chi connectivity index (χ1n) is 5.18. The molecule has 0 saturated carbocycles. The molecule has 0 aliphatic carbocycles. The lowest BCUT2D eigenvalue weighted by Crippen LogP contribution is -2.28. The van der Waals surface area contributed by atoms with Crippen molar-refractivity contribution in [3.05, 3.63) is 11.6 Å². The van der Waals surface area contributed by atoms with E-state index in [4.69, 9.17) is 9.47 Å². The Hall–Kier alpha value is -0.830. The van der Waals surface area contributed by atoms with Gasteiger partial charge in [0, 0.05) is 19.1 Å². The molecule has 1 heterocycles. The maximum absolute atomic E-state index is 11.2. The van der Waals surface area contributed by atoms with Gasteiger partial charge in [-0.15, -0.1) is 0 Å². The molecule has 0 N–H and O–H groups in total. The molecule has 0 amide bonds. The molecule has 0 aromatic heterocycles. The van der Waals surface area contributed by atoms with E-state index in [-0.39, 0.29) is 5.97 Å². The van der Waals surface area contributed by atoms with E-state index in [9.17, 15) is 4.79 Å². The first-order chi connectivity index (χ1) is 6.72. The lowest BCUT2D eigenvalue weighted by Gasteiger charge is -2.25. The Bertz CT molecular complexity index is 217. The Morgan fingerprint density at radius 2 is 2.36 bits per heavy atom. The van der Waals surface area contributed by atoms with Crippen LogP contribution in [0.3, 0.4) is 0 Å². The van der Waals surface area contributed by atoms with Gasteiger partial charge in [-0.2, -0.15) is 0 Å². The summed E-state index contributed by atoms with van der Waals surface area (Å²) < 4.78 is 10.2. The van der Waals surface area contributed by atoms with Gasteiger partial charge in [-0.3, -0.25) is 0 Å². The molecule has 0 aromatic carbocycles. The zero-order chi connectivity index (χ0) is 10.4. The molecule has 1 fully saturated rings. The molecule has 0 radical (unpaired) electrons. The topological polar surface area (TPSA) is 35.5 Å². The van der Waals surface area contributed by atoms with E-state index >= 15 is 0 Å². The Morgan fingerprint density at radius 1 is 1.64 bits per heavy atom. The van der Waals surface area contributed by atoms with Crippen LogP contribution in [0.2, 0.25) is 0 Å². The summed E-state index contributed by atoms with van der Waals surface area (Å²) in [4.78, 5) is 11.2. The molecule has 1 atom stereocenters.